The first-order valence-corrected chi connectivity index (χ1v) is 4.46. The molecule has 2 heteroatoms. The molecule has 0 aromatic carbocycles. The van der Waals surface area contributed by atoms with Gasteiger partial charge in [-0.1, -0.05) is 0 Å². The Bertz CT molecular complexity index is 389. The number of hydrogen-bond acceptors (Lipinski definition) is 2. The second-order valence-corrected chi connectivity index (χ2v) is 3.65. The molecule has 1 nitrogen and oxygen atoms in total. The lowest BCUT2D eigenvalue weighted by Crippen LogP contribution is -1.77. The third kappa shape index (κ3) is 1.03. The van der Waals surface area contributed by atoms with Crippen molar-refractivity contribution >= 4 is 21.4 Å². The summed E-state index contributed by atoms with van der Waals surface area (Å²) in [6.07, 6.45) is 1.95. The van der Waals surface area contributed by atoms with Gasteiger partial charge >= 0.3 is 0 Å². The van der Waals surface area contributed by atoms with E-state index in [0.29, 0.717) is 0 Å². The van der Waals surface area contributed by atoms with Crippen molar-refractivity contribution in [3.05, 3.63) is 28.9 Å². The van der Waals surface area contributed by atoms with E-state index in [4.69, 9.17) is 0 Å². The highest BCUT2D eigenvalue weighted by atomic mass is 32.1. The van der Waals surface area contributed by atoms with Gasteiger partial charge in [0, 0.05) is 11.9 Å². The first-order valence-electron chi connectivity index (χ1n) is 3.58. The summed E-state index contributed by atoms with van der Waals surface area (Å²) in [5, 5.41) is 3.52. The molecule has 0 atom stereocenters. The van der Waals surface area contributed by atoms with E-state index >= 15 is 0 Å². The molecule has 0 aliphatic rings. The van der Waals surface area contributed by atoms with E-state index in [1.807, 2.05) is 13.1 Å². The summed E-state index contributed by atoms with van der Waals surface area (Å²) < 4.78 is 1.29. The molecule has 2 aromatic rings. The second-order valence-electron chi connectivity index (χ2n) is 2.74. The summed E-state index contributed by atoms with van der Waals surface area (Å²) >= 11 is 1.76. The van der Waals surface area contributed by atoms with Gasteiger partial charge in [0.1, 0.15) is 0 Å². The molecule has 0 spiro atoms. The Morgan fingerprint density at radius 2 is 2.18 bits per heavy atom. The minimum atomic E-state index is 1.10. The third-order valence-corrected chi connectivity index (χ3v) is 2.84. The van der Waals surface area contributed by atoms with Crippen LogP contribution >= 0.6 is 11.3 Å². The van der Waals surface area contributed by atoms with Crippen molar-refractivity contribution in [2.24, 2.45) is 0 Å². The monoisotopic (exact) mass is 163 g/mol. The van der Waals surface area contributed by atoms with Crippen molar-refractivity contribution in [3.63, 3.8) is 0 Å². The summed E-state index contributed by atoms with van der Waals surface area (Å²) in [6, 6.07) is 2.14. The van der Waals surface area contributed by atoms with E-state index in [0.717, 1.165) is 5.69 Å². The van der Waals surface area contributed by atoms with Gasteiger partial charge in [-0.05, 0) is 36.2 Å². The maximum atomic E-state index is 4.23. The molecule has 0 unspecified atom stereocenters. The molecule has 0 amide bonds. The Hall–Kier alpha value is -0.890. The molecule has 0 saturated heterocycles. The quantitative estimate of drug-likeness (QED) is 0.582. The average Bonchev–Trinajstić information content (AvgIpc) is 2.33. The molecule has 0 bridgehead atoms. The lowest BCUT2D eigenvalue weighted by Gasteiger charge is -1.92. The number of hydrogen-bond donors (Lipinski definition) is 0. The lowest BCUT2D eigenvalue weighted by atomic mass is 10.2. The van der Waals surface area contributed by atoms with E-state index in [9.17, 15) is 0 Å². The highest BCUT2D eigenvalue weighted by molar-refractivity contribution is 7.17. The minimum Gasteiger partial charge on any atom is -0.260 e. The molecule has 0 radical (unpaired) electrons. The number of thiophene rings is 1. The van der Waals surface area contributed by atoms with Crippen LogP contribution in [0.4, 0.5) is 0 Å². The maximum Gasteiger partial charge on any atom is 0.0529 e. The number of nitrogens with zero attached hydrogens (tertiary/aromatic N) is 1. The van der Waals surface area contributed by atoms with Gasteiger partial charge in [0.2, 0.25) is 0 Å². The van der Waals surface area contributed by atoms with Crippen molar-refractivity contribution in [3.8, 4) is 0 Å². The molecular weight excluding hydrogens is 154 g/mol. The zero-order chi connectivity index (χ0) is 7.84. The minimum absolute atomic E-state index is 1.10. The van der Waals surface area contributed by atoms with Crippen molar-refractivity contribution in [1.82, 2.24) is 4.98 Å². The first kappa shape index (κ1) is 6.80. The second kappa shape index (κ2) is 2.31. The topological polar surface area (TPSA) is 12.9 Å². The van der Waals surface area contributed by atoms with Crippen LogP contribution in [0.25, 0.3) is 10.1 Å². The smallest absolute Gasteiger partial charge is 0.0529 e. The van der Waals surface area contributed by atoms with Crippen LogP contribution in [-0.2, 0) is 0 Å². The predicted molar refractivity (Wildman–Crippen MR) is 49.1 cm³/mol. The standard InChI is InChI=1S/C9H9NS/c1-6-5-11-9-4-10-7(2)3-8(6)9/h3-5H,1-2H3. The van der Waals surface area contributed by atoms with Gasteiger partial charge in [0.15, 0.2) is 0 Å². The largest absolute Gasteiger partial charge is 0.260 e. The third-order valence-electron chi connectivity index (χ3n) is 1.79. The van der Waals surface area contributed by atoms with Gasteiger partial charge in [0.25, 0.3) is 0 Å². The van der Waals surface area contributed by atoms with Crippen LogP contribution in [0, 0.1) is 13.8 Å². The van der Waals surface area contributed by atoms with Crippen LogP contribution in [0.15, 0.2) is 17.6 Å². The van der Waals surface area contributed by atoms with Crippen LogP contribution in [0.3, 0.4) is 0 Å². The number of rotatable bonds is 0. The highest BCUT2D eigenvalue weighted by Gasteiger charge is 1.98. The number of pyridine rings is 1. The van der Waals surface area contributed by atoms with Crippen molar-refractivity contribution in [2.75, 3.05) is 0 Å². The van der Waals surface area contributed by atoms with Crippen LogP contribution in [0.2, 0.25) is 0 Å². The molecule has 0 saturated carbocycles. The number of aromatic nitrogens is 1. The molecule has 0 fully saturated rings. The Morgan fingerprint density at radius 3 is 3.00 bits per heavy atom. The number of fused-ring (bicyclic) bond motifs is 1. The van der Waals surface area contributed by atoms with Gasteiger partial charge < -0.3 is 0 Å². The average molecular weight is 163 g/mol. The van der Waals surface area contributed by atoms with Crippen LogP contribution in [-0.4, -0.2) is 4.98 Å². The molecule has 0 N–H and O–H groups in total. The zero-order valence-corrected chi connectivity index (χ0v) is 7.40. The van der Waals surface area contributed by atoms with Crippen LogP contribution < -0.4 is 0 Å². The van der Waals surface area contributed by atoms with E-state index < -0.39 is 0 Å². The fraction of sp³-hybridized carbons (Fsp3) is 0.222. The van der Waals surface area contributed by atoms with Gasteiger partial charge in [-0.15, -0.1) is 11.3 Å². The first-order chi connectivity index (χ1) is 5.27. The maximum absolute atomic E-state index is 4.23. The summed E-state index contributed by atoms with van der Waals surface area (Å²) in [5.41, 5.74) is 2.45. The molecule has 2 aromatic heterocycles. The molecule has 2 heterocycles. The van der Waals surface area contributed by atoms with E-state index in [1.54, 1.807) is 11.3 Å². The predicted octanol–water partition coefficient (Wildman–Crippen LogP) is 2.91. The zero-order valence-electron chi connectivity index (χ0n) is 6.59. The fourth-order valence-electron chi connectivity index (χ4n) is 1.16. The van der Waals surface area contributed by atoms with Gasteiger partial charge in [-0.3, -0.25) is 4.98 Å². The van der Waals surface area contributed by atoms with Crippen LogP contribution in [0.5, 0.6) is 0 Å². The normalized spacial score (nSPS) is 10.7. The van der Waals surface area contributed by atoms with Crippen molar-refractivity contribution < 1.29 is 0 Å². The Morgan fingerprint density at radius 1 is 1.36 bits per heavy atom. The van der Waals surface area contributed by atoms with E-state index in [2.05, 4.69) is 23.4 Å². The molecule has 56 valence electrons. The molecule has 11 heavy (non-hydrogen) atoms. The molecule has 0 aliphatic heterocycles. The van der Waals surface area contributed by atoms with Gasteiger partial charge in [-0.2, -0.15) is 0 Å². The highest BCUT2D eigenvalue weighted by Crippen LogP contribution is 2.24. The Labute approximate surface area is 69.7 Å². The SMILES string of the molecule is Cc1cc2c(C)csc2cn1. The summed E-state index contributed by atoms with van der Waals surface area (Å²) in [6.45, 7) is 4.16. The van der Waals surface area contributed by atoms with Gasteiger partial charge in [0.05, 0.1) is 4.70 Å². The summed E-state index contributed by atoms with van der Waals surface area (Å²) in [5.74, 6) is 0. The Balaban J connectivity index is 2.87. The lowest BCUT2D eigenvalue weighted by molar-refractivity contribution is 1.23. The number of aryl methyl sites for hydroxylation is 2. The van der Waals surface area contributed by atoms with E-state index in [-0.39, 0.29) is 0 Å². The summed E-state index contributed by atoms with van der Waals surface area (Å²) in [4.78, 5) is 4.23. The van der Waals surface area contributed by atoms with Crippen molar-refractivity contribution in [1.29, 1.82) is 0 Å². The van der Waals surface area contributed by atoms with Crippen LogP contribution in [0.1, 0.15) is 11.3 Å². The molecule has 0 aliphatic carbocycles. The molecule has 2 rings (SSSR count). The van der Waals surface area contributed by atoms with Gasteiger partial charge in [-0.25, -0.2) is 0 Å². The summed E-state index contributed by atoms with van der Waals surface area (Å²) in [7, 11) is 0. The van der Waals surface area contributed by atoms with Crippen molar-refractivity contribution in [2.45, 2.75) is 13.8 Å². The Kier molecular flexibility index (Phi) is 1.43. The molecular formula is C9H9NS. The van der Waals surface area contributed by atoms with E-state index in [1.165, 1.54) is 15.6 Å². The fourth-order valence-corrected chi connectivity index (χ4v) is 2.06.